The number of rotatable bonds is 7. The van der Waals surface area contributed by atoms with E-state index < -0.39 is 0 Å². The number of nitrogens with one attached hydrogen (secondary N) is 1. The van der Waals surface area contributed by atoms with Gasteiger partial charge in [-0.3, -0.25) is 14.6 Å². The quantitative estimate of drug-likeness (QED) is 0.807. The second kappa shape index (κ2) is 9.10. The second-order valence-corrected chi connectivity index (χ2v) is 7.05. The van der Waals surface area contributed by atoms with Crippen molar-refractivity contribution in [2.24, 2.45) is 0 Å². The van der Waals surface area contributed by atoms with Crippen molar-refractivity contribution in [3.63, 3.8) is 0 Å². The predicted octanol–water partition coefficient (Wildman–Crippen LogP) is 2.66. The van der Waals surface area contributed by atoms with Crippen LogP contribution in [0.4, 0.5) is 4.39 Å². The number of carbonyl (C=O) groups is 1. The highest BCUT2D eigenvalue weighted by Crippen LogP contribution is 2.14. The molecule has 1 unspecified atom stereocenters. The maximum atomic E-state index is 13.8. The Morgan fingerprint density at radius 1 is 1.22 bits per heavy atom. The van der Waals surface area contributed by atoms with Crippen molar-refractivity contribution in [3.8, 4) is 0 Å². The zero-order valence-corrected chi connectivity index (χ0v) is 15.9. The molecule has 1 atom stereocenters. The molecule has 1 aromatic carbocycles. The summed E-state index contributed by atoms with van der Waals surface area (Å²) in [6.07, 6.45) is 2.29. The summed E-state index contributed by atoms with van der Waals surface area (Å²) in [4.78, 5) is 20.9. The first-order valence-electron chi connectivity index (χ1n) is 9.48. The summed E-state index contributed by atoms with van der Waals surface area (Å²) in [5.41, 5.74) is 1.05. The number of carbonyl (C=O) groups excluding carboxylic acids is 1. The number of hydrogen-bond acceptors (Lipinski definition) is 5. The molecule has 6 nitrogen and oxygen atoms in total. The molecule has 1 saturated heterocycles. The highest BCUT2D eigenvalue weighted by Gasteiger charge is 2.20. The lowest BCUT2D eigenvalue weighted by Gasteiger charge is -2.34. The van der Waals surface area contributed by atoms with Crippen molar-refractivity contribution in [1.29, 1.82) is 0 Å². The molecule has 1 aliphatic heterocycles. The number of hydrogen-bond donors (Lipinski definition) is 1. The maximum Gasteiger partial charge on any atom is 0.273 e. The van der Waals surface area contributed by atoms with Crippen LogP contribution in [0.2, 0.25) is 0 Å². The van der Waals surface area contributed by atoms with Gasteiger partial charge in [-0.2, -0.15) is 0 Å². The summed E-state index contributed by atoms with van der Waals surface area (Å²) in [7, 11) is 0. The van der Waals surface area contributed by atoms with Gasteiger partial charge in [-0.1, -0.05) is 25.1 Å². The SMILES string of the molecule is CCC(C)NC(=O)c1coc(CN2CCN(Cc3ccccc3F)CC2)n1. The summed E-state index contributed by atoms with van der Waals surface area (Å²) in [6.45, 7) is 8.59. The number of oxazole rings is 1. The van der Waals surface area contributed by atoms with E-state index >= 15 is 0 Å². The van der Waals surface area contributed by atoms with E-state index in [2.05, 4.69) is 20.1 Å². The minimum absolute atomic E-state index is 0.111. The molecule has 146 valence electrons. The van der Waals surface area contributed by atoms with Crippen molar-refractivity contribution >= 4 is 5.91 Å². The van der Waals surface area contributed by atoms with Gasteiger partial charge in [0.15, 0.2) is 5.69 Å². The molecule has 0 aliphatic carbocycles. The van der Waals surface area contributed by atoms with E-state index in [0.29, 0.717) is 24.7 Å². The fourth-order valence-corrected chi connectivity index (χ4v) is 3.05. The van der Waals surface area contributed by atoms with Crippen molar-refractivity contribution in [2.75, 3.05) is 26.2 Å². The minimum atomic E-state index is -0.200. The summed E-state index contributed by atoms with van der Waals surface area (Å²) >= 11 is 0. The first kappa shape index (κ1) is 19.5. The van der Waals surface area contributed by atoms with Crippen molar-refractivity contribution < 1.29 is 13.6 Å². The van der Waals surface area contributed by atoms with Crippen LogP contribution in [-0.2, 0) is 13.1 Å². The molecular formula is C20H27FN4O2. The van der Waals surface area contributed by atoms with Crippen molar-refractivity contribution in [1.82, 2.24) is 20.1 Å². The number of amides is 1. The Bertz CT molecular complexity index is 756. The second-order valence-electron chi connectivity index (χ2n) is 7.05. The lowest BCUT2D eigenvalue weighted by atomic mass is 10.2. The first-order valence-corrected chi connectivity index (χ1v) is 9.48. The van der Waals surface area contributed by atoms with E-state index in [1.54, 1.807) is 6.07 Å². The van der Waals surface area contributed by atoms with Gasteiger partial charge in [0.2, 0.25) is 5.89 Å². The third-order valence-corrected chi connectivity index (χ3v) is 4.95. The van der Waals surface area contributed by atoms with Crippen LogP contribution in [0.3, 0.4) is 0 Å². The summed E-state index contributed by atoms with van der Waals surface area (Å²) in [5, 5.41) is 2.88. The maximum absolute atomic E-state index is 13.8. The van der Waals surface area contributed by atoms with Crippen LogP contribution in [0.15, 0.2) is 34.9 Å². The van der Waals surface area contributed by atoms with Crippen LogP contribution >= 0.6 is 0 Å². The molecule has 1 aliphatic rings. The van der Waals surface area contributed by atoms with Gasteiger partial charge in [-0.25, -0.2) is 9.37 Å². The molecular weight excluding hydrogens is 347 g/mol. The largest absolute Gasteiger partial charge is 0.447 e. The summed E-state index contributed by atoms with van der Waals surface area (Å²) in [6, 6.07) is 7.03. The molecule has 3 rings (SSSR count). The van der Waals surface area contributed by atoms with Gasteiger partial charge in [-0.15, -0.1) is 0 Å². The third-order valence-electron chi connectivity index (χ3n) is 4.95. The first-order chi connectivity index (χ1) is 13.0. The van der Waals surface area contributed by atoms with Gasteiger partial charge in [0.1, 0.15) is 12.1 Å². The van der Waals surface area contributed by atoms with Crippen LogP contribution in [0.25, 0.3) is 0 Å². The summed E-state index contributed by atoms with van der Waals surface area (Å²) < 4.78 is 19.3. The van der Waals surface area contributed by atoms with E-state index in [0.717, 1.165) is 38.2 Å². The van der Waals surface area contributed by atoms with Crippen LogP contribution < -0.4 is 5.32 Å². The number of piperazine rings is 1. The van der Waals surface area contributed by atoms with E-state index in [-0.39, 0.29) is 17.8 Å². The van der Waals surface area contributed by atoms with Gasteiger partial charge in [0.25, 0.3) is 5.91 Å². The molecule has 0 spiro atoms. The molecule has 1 N–H and O–H groups in total. The topological polar surface area (TPSA) is 61.6 Å². The Labute approximate surface area is 159 Å². The standard InChI is InChI=1S/C20H27FN4O2/c1-3-15(2)22-20(26)18-14-27-19(23-18)13-25-10-8-24(9-11-25)12-16-6-4-5-7-17(16)21/h4-7,14-15H,3,8-13H2,1-2H3,(H,22,26). The highest BCUT2D eigenvalue weighted by atomic mass is 19.1. The molecule has 7 heteroatoms. The van der Waals surface area contributed by atoms with Crippen molar-refractivity contribution in [3.05, 3.63) is 53.5 Å². The Morgan fingerprint density at radius 2 is 1.89 bits per heavy atom. The molecule has 0 bridgehead atoms. The Hall–Kier alpha value is -2.25. The van der Waals surface area contributed by atoms with Crippen LogP contribution in [0, 0.1) is 5.82 Å². The average Bonchev–Trinajstić information content (AvgIpc) is 3.13. The highest BCUT2D eigenvalue weighted by molar-refractivity contribution is 5.92. The zero-order valence-electron chi connectivity index (χ0n) is 15.9. The lowest BCUT2D eigenvalue weighted by Crippen LogP contribution is -2.45. The monoisotopic (exact) mass is 374 g/mol. The fraction of sp³-hybridized carbons (Fsp3) is 0.500. The smallest absolute Gasteiger partial charge is 0.273 e. The molecule has 1 fully saturated rings. The van der Waals surface area contributed by atoms with Gasteiger partial charge in [-0.05, 0) is 19.4 Å². The van der Waals surface area contributed by atoms with Gasteiger partial charge in [0, 0.05) is 44.3 Å². The molecule has 27 heavy (non-hydrogen) atoms. The van der Waals surface area contributed by atoms with Crippen molar-refractivity contribution in [2.45, 2.75) is 39.4 Å². The van der Waals surface area contributed by atoms with Crippen LogP contribution in [-0.4, -0.2) is 52.9 Å². The zero-order chi connectivity index (χ0) is 19.2. The lowest BCUT2D eigenvalue weighted by molar-refractivity contribution is 0.0934. The number of nitrogens with zero attached hydrogens (tertiary/aromatic N) is 3. The fourth-order valence-electron chi connectivity index (χ4n) is 3.05. The number of benzene rings is 1. The Balaban J connectivity index is 1.47. The van der Waals surface area contributed by atoms with E-state index in [4.69, 9.17) is 4.42 Å². The van der Waals surface area contributed by atoms with Crippen LogP contribution in [0.1, 0.15) is 42.2 Å². The summed E-state index contributed by atoms with van der Waals surface area (Å²) in [5.74, 6) is 0.198. The molecule has 2 aromatic rings. The van der Waals surface area contributed by atoms with Gasteiger partial charge >= 0.3 is 0 Å². The molecule has 1 amide bonds. The minimum Gasteiger partial charge on any atom is -0.447 e. The van der Waals surface area contributed by atoms with Gasteiger partial charge < -0.3 is 9.73 Å². The molecule has 0 radical (unpaired) electrons. The van der Waals surface area contributed by atoms with E-state index in [1.807, 2.05) is 26.0 Å². The molecule has 0 saturated carbocycles. The van der Waals surface area contributed by atoms with E-state index in [1.165, 1.54) is 12.3 Å². The normalized spacial score (nSPS) is 17.0. The third kappa shape index (κ3) is 5.37. The Kier molecular flexibility index (Phi) is 6.58. The molecule has 1 aromatic heterocycles. The predicted molar refractivity (Wildman–Crippen MR) is 101 cm³/mol. The number of halogens is 1. The van der Waals surface area contributed by atoms with Gasteiger partial charge in [0.05, 0.1) is 6.54 Å². The molecule has 2 heterocycles. The Morgan fingerprint density at radius 3 is 2.56 bits per heavy atom. The average molecular weight is 374 g/mol. The number of aromatic nitrogens is 1. The van der Waals surface area contributed by atoms with Crippen LogP contribution in [0.5, 0.6) is 0 Å². The van der Waals surface area contributed by atoms with E-state index in [9.17, 15) is 9.18 Å².